The van der Waals surface area contributed by atoms with Crippen molar-refractivity contribution in [2.24, 2.45) is 0 Å². The Morgan fingerprint density at radius 3 is 2.40 bits per heavy atom. The number of ketones is 1. The van der Waals surface area contributed by atoms with E-state index in [1.165, 1.54) is 43.5 Å². The van der Waals surface area contributed by atoms with E-state index in [0.717, 1.165) is 0 Å². The number of benzene rings is 2. The summed E-state index contributed by atoms with van der Waals surface area (Å²) in [7, 11) is 1.20. The van der Waals surface area contributed by atoms with Gasteiger partial charge in [0.25, 0.3) is 0 Å². The molecular formula is C15H10ClFO3. The molecular weight excluding hydrogens is 283 g/mol. The minimum absolute atomic E-state index is 0.00875. The monoisotopic (exact) mass is 292 g/mol. The third-order valence-corrected chi connectivity index (χ3v) is 2.99. The second-order valence-corrected chi connectivity index (χ2v) is 4.43. The van der Waals surface area contributed by atoms with Crippen LogP contribution in [0, 0.1) is 5.82 Å². The highest BCUT2D eigenvalue weighted by atomic mass is 35.5. The second-order valence-electron chi connectivity index (χ2n) is 3.99. The van der Waals surface area contributed by atoms with Gasteiger partial charge in [-0.15, -0.1) is 0 Å². The van der Waals surface area contributed by atoms with Gasteiger partial charge in [0.1, 0.15) is 5.82 Å². The first-order chi connectivity index (χ1) is 9.54. The van der Waals surface area contributed by atoms with Gasteiger partial charge in [-0.25, -0.2) is 9.18 Å². The van der Waals surface area contributed by atoms with Crippen LogP contribution in [-0.4, -0.2) is 18.9 Å². The Balaban J connectivity index is 2.57. The van der Waals surface area contributed by atoms with Gasteiger partial charge in [0.15, 0.2) is 5.78 Å². The van der Waals surface area contributed by atoms with E-state index in [9.17, 15) is 14.0 Å². The first kappa shape index (κ1) is 14.2. The van der Waals surface area contributed by atoms with E-state index in [2.05, 4.69) is 4.74 Å². The van der Waals surface area contributed by atoms with E-state index in [1.807, 2.05) is 0 Å². The van der Waals surface area contributed by atoms with Crippen molar-refractivity contribution >= 4 is 23.4 Å². The predicted octanol–water partition coefficient (Wildman–Crippen LogP) is 3.50. The lowest BCUT2D eigenvalue weighted by Crippen LogP contribution is -2.12. The summed E-state index contributed by atoms with van der Waals surface area (Å²) in [5.41, 5.74) is -0.0699. The van der Waals surface area contributed by atoms with Crippen molar-refractivity contribution in [3.8, 4) is 0 Å². The summed E-state index contributed by atoms with van der Waals surface area (Å²) < 4.78 is 18.3. The minimum Gasteiger partial charge on any atom is -0.465 e. The summed E-state index contributed by atoms with van der Waals surface area (Å²) in [5.74, 6) is -1.96. The number of halogens is 2. The van der Waals surface area contributed by atoms with Crippen LogP contribution in [-0.2, 0) is 4.74 Å². The van der Waals surface area contributed by atoms with Crippen molar-refractivity contribution in [2.45, 2.75) is 0 Å². The van der Waals surface area contributed by atoms with Gasteiger partial charge in [-0.1, -0.05) is 23.7 Å². The molecule has 0 aliphatic heterocycles. The Hall–Kier alpha value is -2.20. The third kappa shape index (κ3) is 2.70. The predicted molar refractivity (Wildman–Crippen MR) is 72.6 cm³/mol. The Kier molecular flexibility index (Phi) is 4.15. The maximum Gasteiger partial charge on any atom is 0.338 e. The van der Waals surface area contributed by atoms with Gasteiger partial charge < -0.3 is 4.74 Å². The van der Waals surface area contributed by atoms with Crippen molar-refractivity contribution in [3.05, 3.63) is 70.0 Å². The number of hydrogen-bond donors (Lipinski definition) is 0. The molecule has 2 rings (SSSR count). The van der Waals surface area contributed by atoms with Crippen LogP contribution in [0.25, 0.3) is 0 Å². The average molecular weight is 293 g/mol. The molecule has 0 N–H and O–H groups in total. The molecule has 0 aliphatic carbocycles. The quantitative estimate of drug-likeness (QED) is 0.642. The lowest BCUT2D eigenvalue weighted by molar-refractivity contribution is 0.0597. The van der Waals surface area contributed by atoms with Gasteiger partial charge in [0.2, 0.25) is 0 Å². The van der Waals surface area contributed by atoms with Crippen molar-refractivity contribution in [2.75, 3.05) is 7.11 Å². The fourth-order valence-electron chi connectivity index (χ4n) is 1.78. The van der Waals surface area contributed by atoms with E-state index >= 15 is 0 Å². The van der Waals surface area contributed by atoms with Crippen molar-refractivity contribution in [1.29, 1.82) is 0 Å². The highest BCUT2D eigenvalue weighted by Gasteiger charge is 2.21. The van der Waals surface area contributed by atoms with Gasteiger partial charge in [0, 0.05) is 10.6 Å². The molecule has 0 spiro atoms. The number of esters is 1. The Bertz CT molecular complexity index is 683. The molecule has 0 heterocycles. The molecule has 0 atom stereocenters. The van der Waals surface area contributed by atoms with Crippen LogP contribution in [0.4, 0.5) is 4.39 Å². The number of ether oxygens (including phenoxy) is 1. The van der Waals surface area contributed by atoms with Crippen molar-refractivity contribution in [1.82, 2.24) is 0 Å². The highest BCUT2D eigenvalue weighted by molar-refractivity contribution is 6.31. The third-order valence-electron chi connectivity index (χ3n) is 2.75. The summed E-state index contributed by atoms with van der Waals surface area (Å²) in [6, 6.07) is 9.70. The lowest BCUT2D eigenvalue weighted by atomic mass is 9.98. The maximum absolute atomic E-state index is 13.7. The first-order valence-corrected chi connectivity index (χ1v) is 6.09. The number of rotatable bonds is 3. The second kappa shape index (κ2) is 5.84. The molecule has 0 bridgehead atoms. The standard InChI is InChI=1S/C15H10ClFO3/c1-20-15(19)10-7-6-9(16)8-12(10)14(18)11-4-2-3-5-13(11)17/h2-8H,1H3. The van der Waals surface area contributed by atoms with E-state index in [-0.39, 0.29) is 21.7 Å². The summed E-state index contributed by atoms with van der Waals surface area (Å²) in [5, 5.41) is 0.275. The smallest absolute Gasteiger partial charge is 0.338 e. The zero-order valence-corrected chi connectivity index (χ0v) is 11.3. The highest BCUT2D eigenvalue weighted by Crippen LogP contribution is 2.21. The van der Waals surface area contributed by atoms with Crippen molar-refractivity contribution < 1.29 is 18.7 Å². The first-order valence-electron chi connectivity index (χ1n) is 5.71. The zero-order chi connectivity index (χ0) is 14.7. The maximum atomic E-state index is 13.7. The fraction of sp³-hybridized carbons (Fsp3) is 0.0667. The molecule has 2 aromatic rings. The van der Waals surface area contributed by atoms with E-state index < -0.39 is 17.6 Å². The average Bonchev–Trinajstić information content (AvgIpc) is 2.46. The Morgan fingerprint density at radius 1 is 1.05 bits per heavy atom. The summed E-state index contributed by atoms with van der Waals surface area (Å²) in [4.78, 5) is 24.0. The van der Waals surface area contributed by atoms with Gasteiger partial charge >= 0.3 is 5.97 Å². The Morgan fingerprint density at radius 2 is 1.75 bits per heavy atom. The molecule has 0 saturated heterocycles. The Labute approximate surface area is 119 Å². The topological polar surface area (TPSA) is 43.4 Å². The summed E-state index contributed by atoms with van der Waals surface area (Å²) in [6.45, 7) is 0. The van der Waals surface area contributed by atoms with E-state index in [4.69, 9.17) is 11.6 Å². The van der Waals surface area contributed by atoms with Crippen LogP contribution >= 0.6 is 11.6 Å². The SMILES string of the molecule is COC(=O)c1ccc(Cl)cc1C(=O)c1ccccc1F. The molecule has 0 aromatic heterocycles. The van der Waals surface area contributed by atoms with Gasteiger partial charge in [-0.05, 0) is 30.3 Å². The molecule has 3 nitrogen and oxygen atoms in total. The molecule has 0 amide bonds. The number of carbonyl (C=O) groups excluding carboxylic acids is 2. The zero-order valence-electron chi connectivity index (χ0n) is 10.5. The summed E-state index contributed by atoms with van der Waals surface area (Å²) in [6.07, 6.45) is 0. The van der Waals surface area contributed by atoms with Crippen LogP contribution in [0.2, 0.25) is 5.02 Å². The van der Waals surface area contributed by atoms with Crippen molar-refractivity contribution in [3.63, 3.8) is 0 Å². The number of hydrogen-bond acceptors (Lipinski definition) is 3. The van der Waals surface area contributed by atoms with E-state index in [0.29, 0.717) is 0 Å². The number of methoxy groups -OCH3 is 1. The van der Waals surface area contributed by atoms with Crippen LogP contribution in [0.3, 0.4) is 0 Å². The molecule has 2 aromatic carbocycles. The molecule has 0 radical (unpaired) electrons. The molecule has 0 aliphatic rings. The van der Waals surface area contributed by atoms with Gasteiger partial charge in [-0.2, -0.15) is 0 Å². The molecule has 0 fully saturated rings. The molecule has 20 heavy (non-hydrogen) atoms. The van der Waals surface area contributed by atoms with Gasteiger partial charge in [-0.3, -0.25) is 4.79 Å². The molecule has 102 valence electrons. The lowest BCUT2D eigenvalue weighted by Gasteiger charge is -2.08. The molecule has 5 heteroatoms. The fourth-order valence-corrected chi connectivity index (χ4v) is 1.95. The van der Waals surface area contributed by atoms with E-state index in [1.54, 1.807) is 6.07 Å². The van der Waals surface area contributed by atoms with Crippen LogP contribution in [0.15, 0.2) is 42.5 Å². The largest absolute Gasteiger partial charge is 0.465 e. The van der Waals surface area contributed by atoms with Crippen LogP contribution < -0.4 is 0 Å². The number of carbonyl (C=O) groups is 2. The minimum atomic E-state index is -0.679. The van der Waals surface area contributed by atoms with Gasteiger partial charge in [0.05, 0.1) is 18.2 Å². The van der Waals surface area contributed by atoms with Crippen LogP contribution in [0.5, 0.6) is 0 Å². The summed E-state index contributed by atoms with van der Waals surface area (Å²) >= 11 is 5.84. The molecule has 0 saturated carbocycles. The molecule has 0 unspecified atom stereocenters. The normalized spacial score (nSPS) is 10.2. The van der Waals surface area contributed by atoms with Crippen LogP contribution in [0.1, 0.15) is 26.3 Å².